The van der Waals surface area contributed by atoms with Crippen LogP contribution in [0.3, 0.4) is 0 Å². The SMILES string of the molecule is CCC1C(CC)[C@H]2[C@@H]3CCC4=CC(=O)C=C[C@]4(C)[C@@H]3CC[C@]2(C)C1C#N. The summed E-state index contributed by atoms with van der Waals surface area (Å²) in [6.07, 6.45) is 12.9. The molecule has 0 aromatic carbocycles. The zero-order chi connectivity index (χ0) is 18.7. The highest BCUT2D eigenvalue weighted by Gasteiger charge is 2.63. The summed E-state index contributed by atoms with van der Waals surface area (Å²) in [5.41, 5.74) is 1.61. The van der Waals surface area contributed by atoms with Crippen LogP contribution in [0.1, 0.15) is 66.2 Å². The molecule has 0 aliphatic heterocycles. The molecule has 3 unspecified atom stereocenters. The lowest BCUT2D eigenvalue weighted by Crippen LogP contribution is -2.50. The number of carbonyl (C=O) groups excluding carboxylic acids is 1. The minimum Gasteiger partial charge on any atom is -0.290 e. The van der Waals surface area contributed by atoms with Gasteiger partial charge in [0.05, 0.1) is 12.0 Å². The van der Waals surface area contributed by atoms with E-state index in [9.17, 15) is 10.1 Å². The van der Waals surface area contributed by atoms with Crippen molar-refractivity contribution < 1.29 is 4.79 Å². The third kappa shape index (κ3) is 2.19. The van der Waals surface area contributed by atoms with Crippen LogP contribution >= 0.6 is 0 Å². The van der Waals surface area contributed by atoms with E-state index in [0.29, 0.717) is 29.6 Å². The molecule has 140 valence electrons. The number of ketones is 1. The van der Waals surface area contributed by atoms with Crippen LogP contribution in [0.5, 0.6) is 0 Å². The largest absolute Gasteiger partial charge is 0.290 e. The molecule has 4 aliphatic carbocycles. The van der Waals surface area contributed by atoms with Crippen LogP contribution in [0.4, 0.5) is 0 Å². The Labute approximate surface area is 158 Å². The molecule has 0 heterocycles. The molecule has 0 aromatic rings. The van der Waals surface area contributed by atoms with Gasteiger partial charge in [-0.3, -0.25) is 4.79 Å². The Morgan fingerprint density at radius 3 is 2.58 bits per heavy atom. The predicted octanol–water partition coefficient (Wildman–Crippen LogP) is 5.71. The van der Waals surface area contributed by atoms with Crippen molar-refractivity contribution in [3.05, 3.63) is 23.8 Å². The van der Waals surface area contributed by atoms with Crippen molar-refractivity contribution in [3.8, 4) is 6.07 Å². The molecule has 0 aromatic heterocycles. The molecule has 2 heteroatoms. The highest BCUT2D eigenvalue weighted by atomic mass is 16.1. The summed E-state index contributed by atoms with van der Waals surface area (Å²) in [5.74, 6) is 3.64. The number of carbonyl (C=O) groups is 1. The lowest BCUT2D eigenvalue weighted by Gasteiger charge is -2.57. The number of hydrogen-bond acceptors (Lipinski definition) is 2. The van der Waals surface area contributed by atoms with Gasteiger partial charge in [-0.25, -0.2) is 0 Å². The van der Waals surface area contributed by atoms with E-state index in [1.807, 2.05) is 6.08 Å². The predicted molar refractivity (Wildman–Crippen MR) is 104 cm³/mol. The number of allylic oxidation sites excluding steroid dienone is 4. The van der Waals surface area contributed by atoms with Crippen LogP contribution in [-0.4, -0.2) is 5.78 Å². The van der Waals surface area contributed by atoms with Gasteiger partial charge in [0.1, 0.15) is 0 Å². The van der Waals surface area contributed by atoms with Crippen LogP contribution in [-0.2, 0) is 4.79 Å². The van der Waals surface area contributed by atoms with E-state index >= 15 is 0 Å². The fourth-order valence-corrected chi connectivity index (χ4v) is 7.99. The molecule has 0 N–H and O–H groups in total. The lowest BCUT2D eigenvalue weighted by atomic mass is 9.47. The number of nitrogens with zero attached hydrogens (tertiary/aromatic N) is 1. The Bertz CT molecular complexity index is 712. The number of fused-ring (bicyclic) bond motifs is 5. The second-order valence-electron chi connectivity index (χ2n) is 9.82. The summed E-state index contributed by atoms with van der Waals surface area (Å²) >= 11 is 0. The van der Waals surface area contributed by atoms with Gasteiger partial charge in [-0.05, 0) is 72.8 Å². The summed E-state index contributed by atoms with van der Waals surface area (Å²) in [6, 6.07) is 2.77. The average Bonchev–Trinajstić information content (AvgIpc) is 2.89. The molecule has 26 heavy (non-hydrogen) atoms. The van der Waals surface area contributed by atoms with Crippen molar-refractivity contribution in [2.45, 2.75) is 66.2 Å². The zero-order valence-corrected chi connectivity index (χ0v) is 16.8. The quantitative estimate of drug-likeness (QED) is 0.639. The normalized spacial score (nSPS) is 49.7. The maximum atomic E-state index is 11.9. The Morgan fingerprint density at radius 1 is 1.19 bits per heavy atom. The molecule has 0 radical (unpaired) electrons. The monoisotopic (exact) mass is 351 g/mol. The van der Waals surface area contributed by atoms with Crippen LogP contribution in [0.25, 0.3) is 0 Å². The lowest BCUT2D eigenvalue weighted by molar-refractivity contribution is -0.111. The third-order valence-corrected chi connectivity index (χ3v) is 9.08. The Hall–Kier alpha value is -1.36. The highest BCUT2D eigenvalue weighted by Crippen LogP contribution is 2.69. The van der Waals surface area contributed by atoms with Gasteiger partial charge in [-0.2, -0.15) is 5.26 Å². The second-order valence-corrected chi connectivity index (χ2v) is 9.82. The molecule has 0 amide bonds. The zero-order valence-electron chi connectivity index (χ0n) is 16.8. The number of rotatable bonds is 2. The van der Waals surface area contributed by atoms with Crippen LogP contribution in [0.2, 0.25) is 0 Å². The van der Waals surface area contributed by atoms with Gasteiger partial charge in [0.15, 0.2) is 5.78 Å². The Balaban J connectivity index is 1.76. The van der Waals surface area contributed by atoms with E-state index in [-0.39, 0.29) is 22.5 Å². The van der Waals surface area contributed by atoms with E-state index in [4.69, 9.17) is 0 Å². The van der Waals surface area contributed by atoms with Crippen molar-refractivity contribution in [1.82, 2.24) is 0 Å². The third-order valence-electron chi connectivity index (χ3n) is 9.08. The van der Waals surface area contributed by atoms with Gasteiger partial charge in [0.2, 0.25) is 0 Å². The average molecular weight is 352 g/mol. The first-order valence-corrected chi connectivity index (χ1v) is 10.7. The van der Waals surface area contributed by atoms with E-state index in [1.54, 1.807) is 6.08 Å². The van der Waals surface area contributed by atoms with E-state index in [2.05, 4.69) is 39.8 Å². The Kier molecular flexibility index (Phi) is 4.22. The maximum absolute atomic E-state index is 11.9. The number of hydrogen-bond donors (Lipinski definition) is 0. The van der Waals surface area contributed by atoms with Gasteiger partial charge < -0.3 is 0 Å². The van der Waals surface area contributed by atoms with Crippen molar-refractivity contribution in [3.63, 3.8) is 0 Å². The van der Waals surface area contributed by atoms with E-state index in [0.717, 1.165) is 12.8 Å². The molecular formula is C24H33NO. The molecule has 4 rings (SSSR count). The fourth-order valence-electron chi connectivity index (χ4n) is 7.99. The van der Waals surface area contributed by atoms with E-state index in [1.165, 1.54) is 31.3 Å². The standard InChI is InChI=1S/C24H33NO/c1-5-17-18(6-2)22-19-8-7-15-13-16(26)9-11-23(15,3)20(19)10-12-24(22,4)21(17)14-25/h9,11,13,17-22H,5-8,10,12H2,1-4H3/t17?,18?,19-,20-,21?,22+,23+,24-/m1/s1. The first-order chi connectivity index (χ1) is 12.4. The minimum absolute atomic E-state index is 0.0584. The summed E-state index contributed by atoms with van der Waals surface area (Å²) in [5, 5.41) is 10.0. The van der Waals surface area contributed by atoms with Crippen molar-refractivity contribution in [2.75, 3.05) is 0 Å². The topological polar surface area (TPSA) is 40.9 Å². The van der Waals surface area contributed by atoms with Gasteiger partial charge in [-0.1, -0.05) is 52.2 Å². The fraction of sp³-hybridized carbons (Fsp3) is 0.750. The molecule has 4 aliphatic rings. The van der Waals surface area contributed by atoms with Gasteiger partial charge in [-0.15, -0.1) is 0 Å². The van der Waals surface area contributed by atoms with Crippen LogP contribution in [0, 0.1) is 57.7 Å². The number of nitriles is 1. The van der Waals surface area contributed by atoms with Crippen LogP contribution < -0.4 is 0 Å². The smallest absolute Gasteiger partial charge is 0.178 e. The molecule has 0 spiro atoms. The second kappa shape index (κ2) is 6.08. The molecule has 8 atom stereocenters. The summed E-state index contributed by atoms with van der Waals surface area (Å²) in [4.78, 5) is 11.9. The first-order valence-electron chi connectivity index (χ1n) is 10.7. The Morgan fingerprint density at radius 2 is 1.92 bits per heavy atom. The first kappa shape index (κ1) is 18.0. The summed E-state index contributed by atoms with van der Waals surface area (Å²) in [6.45, 7) is 9.44. The van der Waals surface area contributed by atoms with Gasteiger partial charge in [0.25, 0.3) is 0 Å². The van der Waals surface area contributed by atoms with Crippen molar-refractivity contribution >= 4 is 5.78 Å². The van der Waals surface area contributed by atoms with Crippen molar-refractivity contribution in [1.29, 1.82) is 5.26 Å². The van der Waals surface area contributed by atoms with Gasteiger partial charge >= 0.3 is 0 Å². The molecule has 2 nitrogen and oxygen atoms in total. The van der Waals surface area contributed by atoms with Crippen molar-refractivity contribution in [2.24, 2.45) is 46.3 Å². The maximum Gasteiger partial charge on any atom is 0.178 e. The molecule has 3 fully saturated rings. The van der Waals surface area contributed by atoms with Gasteiger partial charge in [0, 0.05) is 5.41 Å². The highest BCUT2D eigenvalue weighted by molar-refractivity contribution is 6.01. The molecule has 3 saturated carbocycles. The van der Waals surface area contributed by atoms with E-state index < -0.39 is 0 Å². The minimum atomic E-state index is 0.0584. The molecule has 0 bridgehead atoms. The van der Waals surface area contributed by atoms with Crippen LogP contribution in [0.15, 0.2) is 23.8 Å². The molecular weight excluding hydrogens is 318 g/mol. The summed E-state index contributed by atoms with van der Waals surface area (Å²) in [7, 11) is 0. The molecule has 0 saturated heterocycles. The summed E-state index contributed by atoms with van der Waals surface area (Å²) < 4.78 is 0.